The Morgan fingerprint density at radius 3 is 1.67 bits per heavy atom. The number of morpholine rings is 1. The van der Waals surface area contributed by atoms with Gasteiger partial charge in [0.25, 0.3) is 29.6 Å². The number of ether oxygens (including phenoxy) is 2. The van der Waals surface area contributed by atoms with E-state index in [-0.39, 0.29) is 71.9 Å². The molecule has 9 heterocycles. The predicted molar refractivity (Wildman–Crippen MR) is 585 cm³/mol. The van der Waals surface area contributed by atoms with Crippen LogP contribution in [0.3, 0.4) is 0 Å². The highest BCUT2D eigenvalue weighted by Gasteiger charge is 2.59. The molecule has 1 saturated carbocycles. The molecule has 1 aliphatic carbocycles. The minimum atomic E-state index is -3.38. The molecule has 1 saturated heterocycles. The molecule has 0 spiro atoms. The number of alkyl halides is 2. The number of carbonyl (C=O) groups is 5. The second-order valence-corrected chi connectivity index (χ2v) is 42.2. The number of benzene rings is 10. The first kappa shape index (κ1) is 106. The number of amides is 5. The zero-order valence-electron chi connectivity index (χ0n) is 83.9. The maximum absolute atomic E-state index is 14.0. The Hall–Kier alpha value is -15.5. The van der Waals surface area contributed by atoms with Crippen LogP contribution in [-0.4, -0.2) is 201 Å². The van der Waals surface area contributed by atoms with Gasteiger partial charge in [-0.05, 0) is 216 Å². The molecule has 5 amide bonds. The zero-order chi connectivity index (χ0) is 106. The van der Waals surface area contributed by atoms with Gasteiger partial charge in [-0.3, -0.25) is 57.7 Å². The summed E-state index contributed by atoms with van der Waals surface area (Å²) in [5.41, 5.74) is 37.3. The molecule has 10 N–H and O–H groups in total. The number of likely N-dealkylation sites (N-methyl/N-ethyl adjacent to an activating group) is 1. The Kier molecular flexibility index (Phi) is 32.2. The van der Waals surface area contributed by atoms with Crippen molar-refractivity contribution < 1.29 is 50.6 Å². The molecule has 149 heavy (non-hydrogen) atoms. The van der Waals surface area contributed by atoms with Crippen molar-refractivity contribution in [2.45, 2.75) is 92.7 Å². The van der Waals surface area contributed by atoms with E-state index in [9.17, 15) is 41.2 Å². The third-order valence-corrected chi connectivity index (χ3v) is 30.8. The van der Waals surface area contributed by atoms with Crippen molar-refractivity contribution in [3.05, 3.63) is 380 Å². The van der Waals surface area contributed by atoms with Gasteiger partial charge >= 0.3 is 0 Å². The number of thiophene rings is 2. The summed E-state index contributed by atoms with van der Waals surface area (Å²) in [6.45, 7) is 13.4. The van der Waals surface area contributed by atoms with Crippen LogP contribution < -0.4 is 37.7 Å². The van der Waals surface area contributed by atoms with Gasteiger partial charge in [0.15, 0.2) is 52.0 Å². The highest BCUT2D eigenvalue weighted by Crippen LogP contribution is 2.53. The van der Waals surface area contributed by atoms with Crippen LogP contribution in [0.4, 0.5) is 14.5 Å². The molecule has 35 heteroatoms. The maximum Gasteiger partial charge on any atom is 0.270 e. The van der Waals surface area contributed by atoms with Crippen LogP contribution in [-0.2, 0) is 85.4 Å². The highest BCUT2D eigenvalue weighted by atomic mass is 35.5. The molecule has 20 rings (SSSR count). The number of unbranched alkanes of at least 4 members (excludes halogenated alkanes) is 1. The van der Waals surface area contributed by atoms with E-state index in [2.05, 4.69) is 58.6 Å². The number of hydrogen-bond acceptors (Lipinski definition) is 25. The Balaban J connectivity index is 0.000000133. The minimum Gasteiger partial charge on any atom is -0.481 e. The van der Waals surface area contributed by atoms with Crippen LogP contribution in [0.5, 0.6) is 5.88 Å². The Bertz CT molecular complexity index is 7390. The number of methoxy groups -OCH3 is 1. The predicted octanol–water partition coefficient (Wildman–Crippen LogP) is 16.6. The summed E-state index contributed by atoms with van der Waals surface area (Å²) in [5.74, 6) is -2.06. The normalized spacial score (nSPS) is 18.9. The lowest BCUT2D eigenvalue weighted by atomic mass is 9.82. The van der Waals surface area contributed by atoms with Crippen molar-refractivity contribution in [1.82, 2.24) is 39.3 Å². The molecule has 10 aromatic carbocycles. The maximum atomic E-state index is 14.0. The quantitative estimate of drug-likeness (QED) is 0.0284. The summed E-state index contributed by atoms with van der Waals surface area (Å²) in [5, 5.41) is 12.9. The van der Waals surface area contributed by atoms with Crippen LogP contribution in [0.15, 0.2) is 334 Å². The first-order valence-electron chi connectivity index (χ1n) is 48.6. The lowest BCUT2D eigenvalue weighted by Gasteiger charge is -2.35. The molecule has 0 bridgehead atoms. The number of nitrogens with zero attached hydrogens (tertiary/aromatic N) is 15. The number of rotatable bonds is 28. The van der Waals surface area contributed by atoms with Gasteiger partial charge in [0.2, 0.25) is 21.8 Å². The summed E-state index contributed by atoms with van der Waals surface area (Å²) in [7, 11) is 5.31. The van der Waals surface area contributed by atoms with Gasteiger partial charge in [-0.1, -0.05) is 231 Å². The number of halogens is 3. The first-order valence-corrected chi connectivity index (χ1v) is 52.5. The fraction of sp³-hybridized carbons (Fsp3) is 0.263. The van der Waals surface area contributed by atoms with E-state index in [1.165, 1.54) is 68.5 Å². The van der Waals surface area contributed by atoms with Gasteiger partial charge in [0.05, 0.1) is 57.3 Å². The summed E-state index contributed by atoms with van der Waals surface area (Å²) in [6, 6.07) is 92.1. The van der Waals surface area contributed by atoms with Crippen LogP contribution in [0.2, 0.25) is 5.02 Å². The molecule has 2 unspecified atom stereocenters. The van der Waals surface area contributed by atoms with E-state index in [0.29, 0.717) is 63.1 Å². The van der Waals surface area contributed by atoms with Crippen molar-refractivity contribution in [3.63, 3.8) is 0 Å². The van der Waals surface area contributed by atoms with Gasteiger partial charge in [-0.15, -0.1) is 22.7 Å². The number of aliphatic imine (C=N–C) groups is 5. The fourth-order valence-corrected chi connectivity index (χ4v) is 21.5. The second-order valence-electron chi connectivity index (χ2n) is 37.7. The number of anilines is 1. The lowest BCUT2D eigenvalue weighted by Crippen LogP contribution is -2.49. The smallest absolute Gasteiger partial charge is 0.270 e. The zero-order valence-corrected chi connectivity index (χ0v) is 87.1. The van der Waals surface area contributed by atoms with Gasteiger partial charge in [-0.2, -0.15) is 5.26 Å². The number of carbonyl (C=O) groups excluding carboxylic acids is 5. The van der Waals surface area contributed by atoms with E-state index in [0.717, 1.165) is 150 Å². The van der Waals surface area contributed by atoms with Crippen molar-refractivity contribution in [3.8, 4) is 34.2 Å². The Morgan fingerprint density at radius 2 is 1.11 bits per heavy atom. The number of guanidine groups is 5. The number of fused-ring (bicyclic) bond motifs is 1. The van der Waals surface area contributed by atoms with Crippen LogP contribution >= 0.6 is 34.3 Å². The monoisotopic (exact) mass is 2080 g/mol. The number of pyridine rings is 1. The summed E-state index contributed by atoms with van der Waals surface area (Å²) < 4.78 is 64.0. The van der Waals surface area contributed by atoms with Gasteiger partial charge in [-0.25, -0.2) is 47.1 Å². The molecule has 29 nitrogen and oxygen atoms in total. The molecule has 6 aliphatic heterocycles. The standard InChI is InChI=1S/C28H24N4O2.C24H29ClN4O.C22H24N4O3S2.C21H24N4O2.C19H16F2N4OS/c1-34-25-24(16-9-17-30-25)21-11-8-10-20(18-21)19-32-26(33)28(31-27(32)29,22-12-4-2-5-13-22)23-14-6-3-7-15-23;1-28(2)13-3-4-14-29-22(30)24(19-11-12-19,27-23(29)26)20-9-5-7-17(15-20)18-8-6-10-21(25)16-18;1-22(17-7-8-19-16(12-17)9-10-30-19)13-20(27)26(21(23)24-22)14-15-5-4-6-18(11-15)25(2)31(3,28)29;22-20-23-21(17-7-3-1-4-8-17,18-9-5-2-6-10-18)19(26)25(20)12-11-24-13-15-27-16-14-24;1-11(15-9-8-14(10-22)27-15)19(16(26)25(3)17(23)24-19)13-6-4-12(5-7-13)18(2,20)21/h2-18H,19H2,1H3,(H2,29,31);5-10,15-16,19H,3-4,11-14H2,1-2H3,(H2,26,27);4-12H,13-14H2,1-3H3,(H2,23,24);1-10H,11-16H2,(H2,22,23);4-9H,1H2,2-3H3,(H2,23,24)/t;;22-;;/m..0../s1. The third-order valence-electron chi connectivity index (χ3n) is 27.4. The summed E-state index contributed by atoms with van der Waals surface area (Å²) in [4.78, 5) is 108. The topological polar surface area (TPSA) is 392 Å². The van der Waals surface area contributed by atoms with Crippen molar-refractivity contribution in [1.29, 1.82) is 5.26 Å². The van der Waals surface area contributed by atoms with E-state index >= 15 is 0 Å². The van der Waals surface area contributed by atoms with Crippen LogP contribution in [0.25, 0.3) is 37.9 Å². The number of aromatic nitrogens is 1. The fourth-order valence-electron chi connectivity index (χ4n) is 19.2. The van der Waals surface area contributed by atoms with Crippen molar-refractivity contribution in [2.75, 3.05) is 98.3 Å². The Labute approximate surface area is 878 Å². The van der Waals surface area contributed by atoms with E-state index in [4.69, 9.17) is 75.0 Å². The molecular formula is C114H117ClF2N20O9S3. The Morgan fingerprint density at radius 1 is 0.564 bits per heavy atom. The molecule has 3 aromatic heterocycles. The molecule has 7 aliphatic rings. The van der Waals surface area contributed by atoms with Crippen molar-refractivity contribution >= 4 is 125 Å². The minimum absolute atomic E-state index is 0.00288. The summed E-state index contributed by atoms with van der Waals surface area (Å²) in [6.07, 6.45) is 6.96. The van der Waals surface area contributed by atoms with Crippen LogP contribution in [0, 0.1) is 17.2 Å². The van der Waals surface area contributed by atoms with E-state index in [1.54, 1.807) is 69.7 Å². The van der Waals surface area contributed by atoms with E-state index < -0.39 is 49.5 Å². The van der Waals surface area contributed by atoms with E-state index in [1.807, 2.05) is 237 Å². The molecule has 2 fully saturated rings. The number of nitrogens with two attached hydrogens (primary N) is 5. The second kappa shape index (κ2) is 45.1. The molecular weight excluding hydrogens is 1960 g/mol. The SMILES string of the molecule is C=C(c1ccc(C#N)s1)C1(c2ccc(C(C)(F)F)cc2)N=C(N)N(C)C1=O.CN(C)CCCCN1C(=O)C(c2cccc(-c3cccc(Cl)c3)c2)(C2CC2)N=C1N.CN(c1cccc(CN2C(=O)C[C@@](C)(c3ccc4sccc4c3)N=C2N)c1)S(C)(=O)=O.COc1ncccc1-c1cccc(CN2C(=O)C(c3ccccc3)(c3ccccc3)N=C2N)c1.NC1=NC(c2ccccc2)(c2ccccc2)C(=O)N1CCN1CCOCC1. The summed E-state index contributed by atoms with van der Waals surface area (Å²) >= 11 is 9.03. The van der Waals surface area contributed by atoms with Crippen molar-refractivity contribution in [2.24, 2.45) is 59.5 Å². The molecule has 3 atom stereocenters. The molecule has 0 radical (unpaired) electrons. The number of hydrogen-bond donors (Lipinski definition) is 5. The van der Waals surface area contributed by atoms with Crippen LogP contribution in [0.1, 0.15) is 111 Å². The number of sulfonamides is 1. The third kappa shape index (κ3) is 22.5. The average Bonchev–Trinajstić information content (AvgIpc) is 1.52. The molecule has 13 aromatic rings. The largest absolute Gasteiger partial charge is 0.481 e. The lowest BCUT2D eigenvalue weighted by molar-refractivity contribution is -0.132. The molecule has 766 valence electrons. The van der Waals surface area contributed by atoms with Gasteiger partial charge in [0, 0.05) is 91.2 Å². The highest BCUT2D eigenvalue weighted by molar-refractivity contribution is 7.92. The average molecular weight is 2080 g/mol. The first-order chi connectivity index (χ1) is 71.4. The number of nitriles is 1. The van der Waals surface area contributed by atoms with Gasteiger partial charge < -0.3 is 43.0 Å². The van der Waals surface area contributed by atoms with Gasteiger partial charge in [0.1, 0.15) is 10.9 Å².